The first kappa shape index (κ1) is 13.4. The van der Waals surface area contributed by atoms with Crippen molar-refractivity contribution in [2.24, 2.45) is 17.1 Å². The lowest BCUT2D eigenvalue weighted by atomic mass is 9.84. The third-order valence-electron chi connectivity index (χ3n) is 4.94. The average Bonchev–Trinajstić information content (AvgIpc) is 3.02. The molecule has 0 radical (unpaired) electrons. The molecule has 0 heterocycles. The van der Waals surface area contributed by atoms with Crippen LogP contribution in [-0.2, 0) is 0 Å². The lowest BCUT2D eigenvalue weighted by molar-refractivity contribution is 0.0506. The van der Waals surface area contributed by atoms with Gasteiger partial charge in [0.1, 0.15) is 0 Å². The van der Waals surface area contributed by atoms with E-state index in [0.717, 1.165) is 18.5 Å². The third kappa shape index (κ3) is 2.39. The molecule has 2 aliphatic rings. The van der Waals surface area contributed by atoms with Crippen molar-refractivity contribution in [3.8, 4) is 0 Å². The average molecular weight is 238 g/mol. The molecule has 0 aromatic rings. The van der Waals surface area contributed by atoms with Crippen molar-refractivity contribution in [2.75, 3.05) is 13.1 Å². The molecule has 2 atom stereocenters. The van der Waals surface area contributed by atoms with E-state index >= 15 is 0 Å². The van der Waals surface area contributed by atoms with Crippen molar-refractivity contribution < 1.29 is 0 Å². The SMILES string of the molecule is CCCN(C1CC1)C1(CN)CC(C)(C)CC1C. The van der Waals surface area contributed by atoms with Crippen LogP contribution < -0.4 is 5.73 Å². The minimum absolute atomic E-state index is 0.292. The van der Waals surface area contributed by atoms with Crippen molar-refractivity contribution in [1.82, 2.24) is 4.90 Å². The van der Waals surface area contributed by atoms with Gasteiger partial charge in [-0.2, -0.15) is 0 Å². The van der Waals surface area contributed by atoms with Gasteiger partial charge >= 0.3 is 0 Å². The van der Waals surface area contributed by atoms with E-state index in [2.05, 4.69) is 32.6 Å². The Kier molecular flexibility index (Phi) is 3.57. The summed E-state index contributed by atoms with van der Waals surface area (Å²) in [5.41, 5.74) is 7.00. The van der Waals surface area contributed by atoms with Crippen LogP contribution in [0.15, 0.2) is 0 Å². The van der Waals surface area contributed by atoms with Crippen LogP contribution in [-0.4, -0.2) is 29.6 Å². The highest BCUT2D eigenvalue weighted by Gasteiger charge is 2.53. The summed E-state index contributed by atoms with van der Waals surface area (Å²) in [6, 6.07) is 0.842. The maximum absolute atomic E-state index is 6.24. The van der Waals surface area contributed by atoms with Gasteiger partial charge in [0.05, 0.1) is 0 Å². The number of hydrogen-bond acceptors (Lipinski definition) is 2. The quantitative estimate of drug-likeness (QED) is 0.798. The summed E-state index contributed by atoms with van der Waals surface area (Å²) in [5.74, 6) is 0.745. The molecule has 17 heavy (non-hydrogen) atoms. The first-order valence-corrected chi connectivity index (χ1v) is 7.42. The fraction of sp³-hybridized carbons (Fsp3) is 1.00. The smallest absolute Gasteiger partial charge is 0.0365 e. The van der Waals surface area contributed by atoms with Crippen molar-refractivity contribution >= 4 is 0 Å². The molecule has 0 aromatic heterocycles. The molecule has 2 rings (SSSR count). The molecule has 2 heteroatoms. The number of nitrogens with zero attached hydrogens (tertiary/aromatic N) is 1. The molecule has 0 aliphatic heterocycles. The van der Waals surface area contributed by atoms with E-state index < -0.39 is 0 Å². The highest BCUT2D eigenvalue weighted by atomic mass is 15.3. The molecule has 0 aromatic carbocycles. The fourth-order valence-electron chi connectivity index (χ4n) is 4.27. The normalized spacial score (nSPS) is 36.7. The zero-order valence-corrected chi connectivity index (χ0v) is 12.1. The second-order valence-corrected chi connectivity index (χ2v) is 7.18. The zero-order valence-electron chi connectivity index (χ0n) is 12.1. The van der Waals surface area contributed by atoms with Crippen LogP contribution in [0, 0.1) is 11.3 Å². The molecular weight excluding hydrogens is 208 g/mol. The summed E-state index contributed by atoms with van der Waals surface area (Å²) in [6.07, 6.45) is 6.67. The van der Waals surface area contributed by atoms with E-state index in [9.17, 15) is 0 Å². The second kappa shape index (κ2) is 4.55. The van der Waals surface area contributed by atoms with Gasteiger partial charge in [-0.25, -0.2) is 0 Å². The van der Waals surface area contributed by atoms with Crippen molar-refractivity contribution in [2.45, 2.75) is 71.4 Å². The molecule has 2 unspecified atom stereocenters. The van der Waals surface area contributed by atoms with Crippen LogP contribution in [0.25, 0.3) is 0 Å². The topological polar surface area (TPSA) is 29.3 Å². The molecule has 0 spiro atoms. The fourth-order valence-corrected chi connectivity index (χ4v) is 4.27. The predicted molar refractivity (Wildman–Crippen MR) is 74.0 cm³/mol. The third-order valence-corrected chi connectivity index (χ3v) is 4.94. The lowest BCUT2D eigenvalue weighted by Gasteiger charge is -2.45. The minimum Gasteiger partial charge on any atom is -0.329 e. The predicted octanol–water partition coefficient (Wildman–Crippen LogP) is 3.01. The molecular formula is C15H30N2. The molecule has 0 bridgehead atoms. The Morgan fingerprint density at radius 1 is 1.29 bits per heavy atom. The van der Waals surface area contributed by atoms with E-state index in [1.807, 2.05) is 0 Å². The van der Waals surface area contributed by atoms with Gasteiger partial charge in [0.2, 0.25) is 0 Å². The Labute approximate surface area is 107 Å². The Morgan fingerprint density at radius 2 is 1.94 bits per heavy atom. The molecule has 0 amide bonds. The highest BCUT2D eigenvalue weighted by molar-refractivity contribution is 5.09. The van der Waals surface area contributed by atoms with E-state index in [4.69, 9.17) is 5.73 Å². The van der Waals surface area contributed by atoms with E-state index in [0.29, 0.717) is 11.0 Å². The largest absolute Gasteiger partial charge is 0.329 e. The first-order chi connectivity index (χ1) is 7.95. The van der Waals surface area contributed by atoms with Crippen LogP contribution in [0.3, 0.4) is 0 Å². The van der Waals surface area contributed by atoms with Crippen LogP contribution in [0.1, 0.15) is 59.8 Å². The van der Waals surface area contributed by atoms with Gasteiger partial charge in [-0.3, -0.25) is 4.90 Å². The van der Waals surface area contributed by atoms with Gasteiger partial charge in [-0.05, 0) is 50.0 Å². The van der Waals surface area contributed by atoms with E-state index in [1.165, 1.54) is 38.6 Å². The molecule has 2 nitrogen and oxygen atoms in total. The Hall–Kier alpha value is -0.0800. The number of rotatable bonds is 5. The zero-order chi connectivity index (χ0) is 12.7. The number of hydrogen-bond donors (Lipinski definition) is 1. The Morgan fingerprint density at radius 3 is 2.29 bits per heavy atom. The molecule has 0 saturated heterocycles. The minimum atomic E-state index is 0.292. The van der Waals surface area contributed by atoms with Crippen LogP contribution in [0.4, 0.5) is 0 Å². The van der Waals surface area contributed by atoms with Gasteiger partial charge in [0, 0.05) is 18.1 Å². The summed E-state index contributed by atoms with van der Waals surface area (Å²) in [6.45, 7) is 11.6. The van der Waals surface area contributed by atoms with Gasteiger partial charge < -0.3 is 5.73 Å². The highest BCUT2D eigenvalue weighted by Crippen LogP contribution is 2.52. The summed E-state index contributed by atoms with van der Waals surface area (Å²) < 4.78 is 0. The maximum atomic E-state index is 6.24. The van der Waals surface area contributed by atoms with Gasteiger partial charge in [0.25, 0.3) is 0 Å². The standard InChI is InChI=1S/C15H30N2/c1-5-8-17(13-6-7-13)15(11-16)10-14(3,4)9-12(15)2/h12-13H,5-11,16H2,1-4H3. The summed E-state index contributed by atoms with van der Waals surface area (Å²) in [7, 11) is 0. The van der Waals surface area contributed by atoms with Crippen LogP contribution in [0.5, 0.6) is 0 Å². The first-order valence-electron chi connectivity index (χ1n) is 7.42. The van der Waals surface area contributed by atoms with Gasteiger partial charge in [-0.1, -0.05) is 27.7 Å². The van der Waals surface area contributed by atoms with Crippen LogP contribution >= 0.6 is 0 Å². The Bertz CT molecular complexity index is 270. The van der Waals surface area contributed by atoms with Gasteiger partial charge in [0.15, 0.2) is 0 Å². The number of nitrogens with two attached hydrogens (primary N) is 1. The molecule has 2 aliphatic carbocycles. The summed E-state index contributed by atoms with van der Waals surface area (Å²) in [5, 5.41) is 0. The van der Waals surface area contributed by atoms with Gasteiger partial charge in [-0.15, -0.1) is 0 Å². The molecule has 2 saturated carbocycles. The van der Waals surface area contributed by atoms with E-state index in [1.54, 1.807) is 0 Å². The molecule has 100 valence electrons. The second-order valence-electron chi connectivity index (χ2n) is 7.18. The Balaban J connectivity index is 2.22. The summed E-state index contributed by atoms with van der Waals surface area (Å²) >= 11 is 0. The van der Waals surface area contributed by atoms with Crippen molar-refractivity contribution in [3.63, 3.8) is 0 Å². The van der Waals surface area contributed by atoms with Crippen LogP contribution in [0.2, 0.25) is 0 Å². The summed E-state index contributed by atoms with van der Waals surface area (Å²) in [4.78, 5) is 2.78. The monoisotopic (exact) mass is 238 g/mol. The van der Waals surface area contributed by atoms with Crippen molar-refractivity contribution in [3.05, 3.63) is 0 Å². The maximum Gasteiger partial charge on any atom is 0.0365 e. The molecule has 2 N–H and O–H groups in total. The van der Waals surface area contributed by atoms with E-state index in [-0.39, 0.29) is 0 Å². The van der Waals surface area contributed by atoms with Crippen molar-refractivity contribution in [1.29, 1.82) is 0 Å². The molecule has 2 fully saturated rings. The lowest BCUT2D eigenvalue weighted by Crippen LogP contribution is -2.57.